The quantitative estimate of drug-likeness (QED) is 0.349. The second kappa shape index (κ2) is 10.9. The molecule has 1 amide bonds. The van der Waals surface area contributed by atoms with Crippen LogP contribution in [0.2, 0.25) is 25.7 Å². The van der Waals surface area contributed by atoms with Crippen molar-refractivity contribution >= 4 is 24.2 Å². The zero-order chi connectivity index (χ0) is 25.1. The van der Waals surface area contributed by atoms with Crippen LogP contribution in [0.25, 0.3) is 0 Å². The molecule has 33 heavy (non-hydrogen) atoms. The van der Waals surface area contributed by atoms with Crippen LogP contribution in [0, 0.1) is 11.3 Å². The van der Waals surface area contributed by atoms with Crippen LogP contribution in [0.15, 0.2) is 0 Å². The first kappa shape index (κ1) is 28.6. The average molecular weight is 508 g/mol. The molecule has 0 saturated heterocycles. The second-order valence-corrected chi connectivity index (χ2v) is 19.5. The van der Waals surface area contributed by atoms with E-state index in [1.807, 2.05) is 0 Å². The molecule has 1 N–H and O–H groups in total. The van der Waals surface area contributed by atoms with Gasteiger partial charge in [-0.3, -0.25) is 0 Å². The summed E-state index contributed by atoms with van der Waals surface area (Å²) in [5.74, 6) is 0.151. The van der Waals surface area contributed by atoms with Crippen molar-refractivity contribution < 1.29 is 32.5 Å². The van der Waals surface area contributed by atoms with Crippen molar-refractivity contribution in [1.29, 1.82) is 0 Å². The van der Waals surface area contributed by atoms with Crippen LogP contribution in [0.1, 0.15) is 59.3 Å². The van der Waals surface area contributed by atoms with Crippen LogP contribution >= 0.6 is 0 Å². The Morgan fingerprint density at radius 3 is 2.39 bits per heavy atom. The number of fused-ring (bicyclic) bond motifs is 1. The van der Waals surface area contributed by atoms with Crippen LogP contribution in [0.3, 0.4) is 0 Å². The number of amides is 1. The molecule has 8 nitrogen and oxygen atoms in total. The first-order chi connectivity index (χ1) is 15.1. The van der Waals surface area contributed by atoms with Crippen LogP contribution in [0.5, 0.6) is 0 Å². The minimum absolute atomic E-state index is 0.0245. The molecule has 0 radical (unpaired) electrons. The van der Waals surface area contributed by atoms with Gasteiger partial charge in [-0.25, -0.2) is 17.5 Å². The van der Waals surface area contributed by atoms with E-state index in [1.165, 1.54) is 0 Å². The molecule has 0 bridgehead atoms. The molecule has 0 aliphatic heterocycles. The third-order valence-electron chi connectivity index (χ3n) is 6.97. The third-order valence-corrected chi connectivity index (χ3v) is 10.8. The van der Waals surface area contributed by atoms with Gasteiger partial charge in [-0.15, -0.1) is 0 Å². The van der Waals surface area contributed by atoms with Gasteiger partial charge in [-0.2, -0.15) is 0 Å². The first-order valence-corrected chi connectivity index (χ1v) is 17.5. The zero-order valence-corrected chi connectivity index (χ0v) is 23.4. The van der Waals surface area contributed by atoms with Crippen molar-refractivity contribution in [2.75, 3.05) is 26.2 Å². The molecular weight excluding hydrogens is 462 g/mol. The Kier molecular flexibility index (Phi) is 9.46. The van der Waals surface area contributed by atoms with E-state index in [0.29, 0.717) is 18.9 Å². The lowest BCUT2D eigenvalue weighted by atomic mass is 9.63. The summed E-state index contributed by atoms with van der Waals surface area (Å²) in [4.78, 5) is 13.0. The number of hydrogen-bond acceptors (Lipinski definition) is 7. The lowest BCUT2D eigenvalue weighted by molar-refractivity contribution is -0.162. The summed E-state index contributed by atoms with van der Waals surface area (Å²) in [5, 5.41) is 11.2. The zero-order valence-electron chi connectivity index (χ0n) is 21.6. The van der Waals surface area contributed by atoms with Crippen LogP contribution < -0.4 is 0 Å². The molecule has 2 aliphatic rings. The highest BCUT2D eigenvalue weighted by Gasteiger charge is 2.56. The molecule has 0 aromatic carbocycles. The van der Waals surface area contributed by atoms with Gasteiger partial charge in [-0.1, -0.05) is 26.1 Å². The van der Waals surface area contributed by atoms with E-state index in [1.54, 1.807) is 27.9 Å². The highest BCUT2D eigenvalue weighted by Crippen LogP contribution is 2.55. The summed E-state index contributed by atoms with van der Waals surface area (Å²) >= 11 is 0. The van der Waals surface area contributed by atoms with Crippen molar-refractivity contribution in [2.24, 2.45) is 11.3 Å². The van der Waals surface area contributed by atoms with Gasteiger partial charge in [0.25, 0.3) is 0 Å². The summed E-state index contributed by atoms with van der Waals surface area (Å²) in [6.07, 6.45) is 2.93. The molecule has 2 aliphatic carbocycles. The van der Waals surface area contributed by atoms with Crippen molar-refractivity contribution in [2.45, 2.75) is 103 Å². The van der Waals surface area contributed by atoms with Crippen LogP contribution in [-0.2, 0) is 24.2 Å². The number of ether oxygens (including phenoxy) is 3. The molecule has 4 atom stereocenters. The summed E-state index contributed by atoms with van der Waals surface area (Å²) in [7, 11) is -3.95. The maximum absolute atomic E-state index is 13.3. The molecule has 0 aromatic heterocycles. The number of methoxy groups -OCH3 is 1. The molecular formula is C23H45NO7SSi. The van der Waals surface area contributed by atoms with Crippen molar-refractivity contribution in [3.63, 3.8) is 0 Å². The normalized spacial score (nSPS) is 28.4. The van der Waals surface area contributed by atoms with E-state index in [9.17, 15) is 18.3 Å². The number of nitrogens with zero attached hydrogens (tertiary/aromatic N) is 1. The predicted molar refractivity (Wildman–Crippen MR) is 131 cm³/mol. The molecule has 2 fully saturated rings. The van der Waals surface area contributed by atoms with Crippen LogP contribution in [-0.4, -0.2) is 76.0 Å². The third kappa shape index (κ3) is 7.40. The fourth-order valence-corrected chi connectivity index (χ4v) is 9.63. The van der Waals surface area contributed by atoms with Gasteiger partial charge >= 0.3 is 6.09 Å². The Bertz CT molecular complexity index is 762. The van der Waals surface area contributed by atoms with Gasteiger partial charge in [-0.05, 0) is 64.8 Å². The summed E-state index contributed by atoms with van der Waals surface area (Å²) in [6, 6.07) is 0.560. The van der Waals surface area contributed by atoms with Gasteiger partial charge in [0.2, 0.25) is 10.0 Å². The van der Waals surface area contributed by atoms with Gasteiger partial charge in [0, 0.05) is 27.1 Å². The molecule has 0 heterocycles. The Labute approximate surface area is 201 Å². The Morgan fingerprint density at radius 2 is 1.82 bits per heavy atom. The number of rotatable bonds is 10. The molecule has 10 heteroatoms. The Morgan fingerprint density at radius 1 is 1.15 bits per heavy atom. The van der Waals surface area contributed by atoms with E-state index in [-0.39, 0.29) is 31.1 Å². The molecule has 2 saturated carbocycles. The second-order valence-electron chi connectivity index (χ2n) is 11.8. The molecule has 0 aromatic rings. The highest BCUT2D eigenvalue weighted by atomic mass is 32.2. The number of hydrogen-bond donors (Lipinski definition) is 1. The van der Waals surface area contributed by atoms with Gasteiger partial charge in [0.05, 0.1) is 18.0 Å². The standard InChI is InChI=1S/C23H45NO7SSi/c1-22(2,3)31-21(26)24(32(27,28)15-16-33(5,6)7)14-13-23-18(9-8-10-19(23)25)11-12-20(23)30-17-29-4/h18-20,25H,8-17H2,1-7H3/t18-,19-,20+,23+/m1/s1. The van der Waals surface area contributed by atoms with Crippen molar-refractivity contribution in [3.8, 4) is 0 Å². The average Bonchev–Trinajstić information content (AvgIpc) is 3.03. The number of aliphatic hydroxyl groups is 1. The maximum Gasteiger partial charge on any atom is 0.424 e. The number of aliphatic hydroxyl groups excluding tert-OH is 1. The lowest BCUT2D eigenvalue weighted by Gasteiger charge is -2.47. The van der Waals surface area contributed by atoms with E-state index in [0.717, 1.165) is 30.0 Å². The van der Waals surface area contributed by atoms with E-state index < -0.39 is 41.3 Å². The predicted octanol–water partition coefficient (Wildman–Crippen LogP) is 4.21. The Balaban J connectivity index is 2.32. The van der Waals surface area contributed by atoms with E-state index in [2.05, 4.69) is 19.6 Å². The summed E-state index contributed by atoms with van der Waals surface area (Å²) in [6.45, 7) is 11.6. The molecule has 194 valence electrons. The van der Waals surface area contributed by atoms with Crippen molar-refractivity contribution in [3.05, 3.63) is 0 Å². The van der Waals surface area contributed by atoms with E-state index >= 15 is 0 Å². The first-order valence-electron chi connectivity index (χ1n) is 12.1. The maximum atomic E-state index is 13.3. The van der Waals surface area contributed by atoms with Crippen LogP contribution in [0.4, 0.5) is 4.79 Å². The largest absolute Gasteiger partial charge is 0.443 e. The molecule has 2 rings (SSSR count). The highest BCUT2D eigenvalue weighted by molar-refractivity contribution is 7.89. The lowest BCUT2D eigenvalue weighted by Crippen LogP contribution is -2.52. The fourth-order valence-electron chi connectivity index (χ4n) is 5.30. The fraction of sp³-hybridized carbons (Fsp3) is 0.957. The number of carbonyl (C=O) groups excluding carboxylic acids is 1. The Hall–Kier alpha value is -0.683. The molecule has 0 spiro atoms. The molecule has 0 unspecified atom stereocenters. The van der Waals surface area contributed by atoms with Gasteiger partial charge in [0.1, 0.15) is 12.4 Å². The monoisotopic (exact) mass is 507 g/mol. The SMILES string of the molecule is COCO[C@H]1CC[C@H]2CCC[C@@H](O)[C@]21CCN(C(=O)OC(C)(C)C)S(=O)(=O)CC[Si](C)(C)C. The minimum Gasteiger partial charge on any atom is -0.443 e. The topological polar surface area (TPSA) is 102 Å². The van der Waals surface area contributed by atoms with E-state index in [4.69, 9.17) is 14.2 Å². The van der Waals surface area contributed by atoms with Gasteiger partial charge in [0.15, 0.2) is 0 Å². The smallest absolute Gasteiger partial charge is 0.424 e. The number of carbonyl (C=O) groups is 1. The summed E-state index contributed by atoms with van der Waals surface area (Å²) < 4.78 is 44.2. The van der Waals surface area contributed by atoms with Gasteiger partial charge < -0.3 is 19.3 Å². The number of sulfonamides is 1. The van der Waals surface area contributed by atoms with Crippen molar-refractivity contribution in [1.82, 2.24) is 4.31 Å². The summed E-state index contributed by atoms with van der Waals surface area (Å²) in [5.41, 5.74) is -1.41. The minimum atomic E-state index is -3.87.